The van der Waals surface area contributed by atoms with Crippen molar-refractivity contribution in [2.45, 2.75) is 12.8 Å². The maximum absolute atomic E-state index is 13.5. The Hall–Kier alpha value is -1.16. The average Bonchev–Trinajstić information content (AvgIpc) is 2.82. The van der Waals surface area contributed by atoms with Crippen LogP contribution in [0.3, 0.4) is 0 Å². The van der Waals surface area contributed by atoms with Crippen LogP contribution >= 0.6 is 0 Å². The normalized spacial score (nSPS) is 19.6. The number of nitrogens with one attached hydrogen (secondary N) is 1. The first-order chi connectivity index (χ1) is 8.16. The summed E-state index contributed by atoms with van der Waals surface area (Å²) in [4.78, 5) is 1.79. The van der Waals surface area contributed by atoms with Crippen LogP contribution in [0.2, 0.25) is 0 Å². The molecule has 1 saturated heterocycles. The molecule has 2 nitrogen and oxygen atoms in total. The summed E-state index contributed by atoms with van der Waals surface area (Å²) < 4.78 is 26.5. The van der Waals surface area contributed by atoms with E-state index in [1.54, 1.807) is 11.9 Å². The van der Waals surface area contributed by atoms with Crippen LogP contribution in [0.5, 0.6) is 0 Å². The van der Waals surface area contributed by atoms with Crippen LogP contribution in [0.4, 0.5) is 14.5 Å². The molecule has 1 aromatic carbocycles. The molecular weight excluding hydrogens is 222 g/mol. The molecule has 1 unspecified atom stereocenters. The summed E-state index contributed by atoms with van der Waals surface area (Å²) in [6, 6.07) is 3.58. The van der Waals surface area contributed by atoms with E-state index in [1.807, 2.05) is 0 Å². The zero-order valence-corrected chi connectivity index (χ0v) is 10.0. The highest BCUT2D eigenvalue weighted by Crippen LogP contribution is 2.21. The fraction of sp³-hybridized carbons (Fsp3) is 0.538. The number of anilines is 1. The fourth-order valence-electron chi connectivity index (χ4n) is 2.24. The van der Waals surface area contributed by atoms with E-state index in [4.69, 9.17) is 0 Å². The van der Waals surface area contributed by atoms with Gasteiger partial charge in [-0.15, -0.1) is 0 Å². The van der Waals surface area contributed by atoms with Crippen molar-refractivity contribution in [3.8, 4) is 0 Å². The fourth-order valence-corrected chi connectivity index (χ4v) is 2.24. The second-order valence-corrected chi connectivity index (χ2v) is 4.66. The van der Waals surface area contributed by atoms with Gasteiger partial charge in [-0.05, 0) is 44.0 Å². The lowest BCUT2D eigenvalue weighted by Crippen LogP contribution is -2.23. The lowest BCUT2D eigenvalue weighted by molar-refractivity contribution is 0.528. The predicted octanol–water partition coefficient (Wildman–Crippen LogP) is 2.40. The van der Waals surface area contributed by atoms with Crippen LogP contribution in [0.25, 0.3) is 0 Å². The first-order valence-corrected chi connectivity index (χ1v) is 6.03. The highest BCUT2D eigenvalue weighted by atomic mass is 19.1. The Balaban J connectivity index is 1.93. The summed E-state index contributed by atoms with van der Waals surface area (Å²) in [5.41, 5.74) is 0.343. The number of hydrogen-bond acceptors (Lipinski definition) is 2. The molecule has 0 bridgehead atoms. The number of benzene rings is 1. The van der Waals surface area contributed by atoms with Gasteiger partial charge in [0.15, 0.2) is 0 Å². The zero-order chi connectivity index (χ0) is 12.3. The van der Waals surface area contributed by atoms with Crippen molar-refractivity contribution in [1.29, 1.82) is 0 Å². The molecular formula is C13H18F2N2. The molecule has 1 aromatic rings. The third-order valence-electron chi connectivity index (χ3n) is 3.35. The van der Waals surface area contributed by atoms with Crippen molar-refractivity contribution >= 4 is 5.69 Å². The lowest BCUT2D eigenvalue weighted by atomic mass is 10.0. The minimum absolute atomic E-state index is 0.343. The summed E-state index contributed by atoms with van der Waals surface area (Å²) in [5, 5.41) is 3.30. The van der Waals surface area contributed by atoms with Gasteiger partial charge in [-0.2, -0.15) is 0 Å². The summed E-state index contributed by atoms with van der Waals surface area (Å²) in [6.45, 7) is 2.87. The smallest absolute Gasteiger partial charge is 0.146 e. The van der Waals surface area contributed by atoms with Crippen LogP contribution in [0.1, 0.15) is 12.8 Å². The Kier molecular flexibility index (Phi) is 3.94. The van der Waals surface area contributed by atoms with Crippen molar-refractivity contribution < 1.29 is 8.78 Å². The van der Waals surface area contributed by atoms with Crippen LogP contribution < -0.4 is 10.2 Å². The summed E-state index contributed by atoms with van der Waals surface area (Å²) >= 11 is 0. The predicted molar refractivity (Wildman–Crippen MR) is 65.2 cm³/mol. The van der Waals surface area contributed by atoms with Crippen molar-refractivity contribution in [1.82, 2.24) is 5.32 Å². The van der Waals surface area contributed by atoms with E-state index in [9.17, 15) is 8.78 Å². The second kappa shape index (κ2) is 5.45. The van der Waals surface area contributed by atoms with Gasteiger partial charge in [-0.25, -0.2) is 8.78 Å². The van der Waals surface area contributed by atoms with Gasteiger partial charge in [0, 0.05) is 19.7 Å². The largest absolute Gasteiger partial charge is 0.372 e. The van der Waals surface area contributed by atoms with Gasteiger partial charge in [-0.1, -0.05) is 0 Å². The molecule has 1 aliphatic rings. The molecule has 94 valence electrons. The van der Waals surface area contributed by atoms with E-state index in [1.165, 1.54) is 18.6 Å². The van der Waals surface area contributed by atoms with Crippen LogP contribution in [-0.4, -0.2) is 26.7 Å². The molecule has 1 N–H and O–H groups in total. The van der Waals surface area contributed by atoms with Crippen molar-refractivity contribution in [3.05, 3.63) is 29.8 Å². The molecule has 0 radical (unpaired) electrons. The topological polar surface area (TPSA) is 15.3 Å². The highest BCUT2D eigenvalue weighted by Gasteiger charge is 2.16. The zero-order valence-electron chi connectivity index (χ0n) is 10.0. The summed E-state index contributed by atoms with van der Waals surface area (Å²) in [6.07, 6.45) is 2.19. The quantitative estimate of drug-likeness (QED) is 0.869. The van der Waals surface area contributed by atoms with Gasteiger partial charge in [0.1, 0.15) is 11.6 Å². The maximum Gasteiger partial charge on any atom is 0.146 e. The molecule has 4 heteroatoms. The Labute approximate surface area is 101 Å². The van der Waals surface area contributed by atoms with Gasteiger partial charge in [0.2, 0.25) is 0 Å². The Morgan fingerprint density at radius 2 is 2.24 bits per heavy atom. The van der Waals surface area contributed by atoms with Crippen molar-refractivity contribution in [2.24, 2.45) is 5.92 Å². The molecule has 0 saturated carbocycles. The lowest BCUT2D eigenvalue weighted by Gasteiger charge is -2.21. The van der Waals surface area contributed by atoms with E-state index < -0.39 is 5.82 Å². The van der Waals surface area contributed by atoms with Gasteiger partial charge in [-0.3, -0.25) is 0 Å². The first kappa shape index (κ1) is 12.3. The summed E-state index contributed by atoms with van der Waals surface area (Å²) in [5.74, 6) is -0.0942. The summed E-state index contributed by atoms with van der Waals surface area (Å²) in [7, 11) is 1.81. The van der Waals surface area contributed by atoms with Gasteiger partial charge in [0.25, 0.3) is 0 Å². The van der Waals surface area contributed by atoms with E-state index in [-0.39, 0.29) is 5.82 Å². The standard InChI is InChI=1S/C13H18F2N2/c1-17(7-5-10-4-6-16-9-10)13-8-11(14)2-3-12(13)15/h2-3,8,10,16H,4-7,9H2,1H3. The van der Waals surface area contributed by atoms with Gasteiger partial charge in [0.05, 0.1) is 5.69 Å². The SMILES string of the molecule is CN(CCC1CCNC1)c1cc(F)ccc1F. The van der Waals surface area contributed by atoms with Gasteiger partial charge >= 0.3 is 0 Å². The van der Waals surface area contributed by atoms with Crippen LogP contribution in [0.15, 0.2) is 18.2 Å². The molecule has 0 aromatic heterocycles. The number of hydrogen-bond donors (Lipinski definition) is 1. The molecule has 0 aliphatic carbocycles. The third-order valence-corrected chi connectivity index (χ3v) is 3.35. The Morgan fingerprint density at radius 3 is 2.94 bits per heavy atom. The first-order valence-electron chi connectivity index (χ1n) is 6.03. The van der Waals surface area contributed by atoms with Crippen LogP contribution in [-0.2, 0) is 0 Å². The molecule has 1 atom stereocenters. The molecule has 0 amide bonds. The Bertz CT molecular complexity index is 376. The van der Waals surface area contributed by atoms with E-state index >= 15 is 0 Å². The van der Waals surface area contributed by atoms with Gasteiger partial charge < -0.3 is 10.2 Å². The van der Waals surface area contributed by atoms with Crippen LogP contribution in [0, 0.1) is 17.6 Å². The molecule has 2 rings (SSSR count). The second-order valence-electron chi connectivity index (χ2n) is 4.66. The third kappa shape index (κ3) is 3.16. The van der Waals surface area contributed by atoms with Crippen molar-refractivity contribution in [3.63, 3.8) is 0 Å². The molecule has 17 heavy (non-hydrogen) atoms. The molecule has 0 spiro atoms. The maximum atomic E-state index is 13.5. The molecule has 1 aliphatic heterocycles. The Morgan fingerprint density at radius 1 is 1.41 bits per heavy atom. The van der Waals surface area contributed by atoms with E-state index in [0.29, 0.717) is 11.6 Å². The van der Waals surface area contributed by atoms with E-state index in [0.717, 1.165) is 32.1 Å². The highest BCUT2D eigenvalue weighted by molar-refractivity contribution is 5.47. The number of halogens is 2. The molecule has 1 fully saturated rings. The molecule has 1 heterocycles. The monoisotopic (exact) mass is 240 g/mol. The number of nitrogens with zero attached hydrogens (tertiary/aromatic N) is 1. The van der Waals surface area contributed by atoms with E-state index in [2.05, 4.69) is 5.32 Å². The minimum Gasteiger partial charge on any atom is -0.372 e. The number of rotatable bonds is 4. The average molecular weight is 240 g/mol. The van der Waals surface area contributed by atoms with Crippen molar-refractivity contribution in [2.75, 3.05) is 31.6 Å². The minimum atomic E-state index is -0.393.